The van der Waals surface area contributed by atoms with Crippen LogP contribution in [0.15, 0.2) is 6.20 Å². The van der Waals surface area contributed by atoms with E-state index in [0.29, 0.717) is 0 Å². The van der Waals surface area contributed by atoms with Crippen molar-refractivity contribution < 1.29 is 13.5 Å². The second-order valence-corrected chi connectivity index (χ2v) is 2.88. The van der Waals surface area contributed by atoms with Crippen LogP contribution in [0.25, 0.3) is 0 Å². The zero-order valence-corrected chi connectivity index (χ0v) is 8.55. The van der Waals surface area contributed by atoms with Crippen LogP contribution in [0.4, 0.5) is 8.78 Å². The molecular weight excluding hydrogens is 226 g/mol. The number of ether oxygens (including phenoxy) is 1. The van der Waals surface area contributed by atoms with Gasteiger partial charge in [-0.2, -0.15) is 5.26 Å². The summed E-state index contributed by atoms with van der Waals surface area (Å²) in [6.45, 7) is 0. The monoisotopic (exact) mass is 232 g/mol. The molecule has 0 N–H and O–H groups in total. The Morgan fingerprint density at radius 3 is 2.73 bits per heavy atom. The molecule has 3 nitrogen and oxygen atoms in total. The van der Waals surface area contributed by atoms with Crippen molar-refractivity contribution in [3.05, 3.63) is 23.0 Å². The predicted molar refractivity (Wildman–Crippen MR) is 50.0 cm³/mol. The Hall–Kier alpha value is -1.41. The van der Waals surface area contributed by atoms with Gasteiger partial charge in [-0.25, -0.2) is 8.78 Å². The highest BCUT2D eigenvalue weighted by Crippen LogP contribution is 2.34. The number of pyridine rings is 1. The van der Waals surface area contributed by atoms with Crippen LogP contribution >= 0.6 is 11.6 Å². The molecule has 0 aromatic carbocycles. The van der Waals surface area contributed by atoms with Gasteiger partial charge >= 0.3 is 0 Å². The van der Waals surface area contributed by atoms with Crippen molar-refractivity contribution in [2.45, 2.75) is 12.3 Å². The normalized spacial score (nSPS) is 10.1. The lowest BCUT2D eigenvalue weighted by molar-refractivity contribution is 0.145. The van der Waals surface area contributed by atoms with Crippen molar-refractivity contribution >= 4 is 11.6 Å². The van der Waals surface area contributed by atoms with E-state index in [9.17, 15) is 8.78 Å². The number of hydrogen-bond donors (Lipinski definition) is 0. The van der Waals surface area contributed by atoms with Crippen LogP contribution in [0.3, 0.4) is 0 Å². The molecule has 0 saturated heterocycles. The van der Waals surface area contributed by atoms with Gasteiger partial charge < -0.3 is 4.74 Å². The van der Waals surface area contributed by atoms with E-state index in [1.165, 1.54) is 13.3 Å². The lowest BCUT2D eigenvalue weighted by atomic mass is 10.1. The first kappa shape index (κ1) is 11.7. The number of alkyl halides is 3. The fourth-order valence-electron chi connectivity index (χ4n) is 1.18. The number of rotatable bonds is 3. The number of methoxy groups -OCH3 is 1. The number of halogens is 3. The summed E-state index contributed by atoms with van der Waals surface area (Å²) in [7, 11) is 1.22. The van der Waals surface area contributed by atoms with E-state index >= 15 is 0 Å². The van der Waals surface area contributed by atoms with Crippen molar-refractivity contribution in [2.75, 3.05) is 7.11 Å². The van der Waals surface area contributed by atoms with Crippen molar-refractivity contribution in [1.82, 2.24) is 4.98 Å². The van der Waals surface area contributed by atoms with Crippen molar-refractivity contribution in [1.29, 1.82) is 5.26 Å². The molecule has 1 heterocycles. The number of aromatic nitrogens is 1. The lowest BCUT2D eigenvalue weighted by Gasteiger charge is -2.11. The standard InChI is InChI=1S/C9H7ClF2N2O/c1-15-8-5(3-13)4-14-6(2-10)7(8)9(11)12/h4,9H,2H2,1H3. The summed E-state index contributed by atoms with van der Waals surface area (Å²) in [5, 5.41) is 8.67. The van der Waals surface area contributed by atoms with E-state index in [0.717, 1.165) is 0 Å². The van der Waals surface area contributed by atoms with Crippen LogP contribution in [0.2, 0.25) is 0 Å². The maximum atomic E-state index is 12.7. The fourth-order valence-corrected chi connectivity index (χ4v) is 1.39. The largest absolute Gasteiger partial charge is 0.495 e. The summed E-state index contributed by atoms with van der Waals surface area (Å²) in [5.74, 6) is -0.306. The zero-order chi connectivity index (χ0) is 11.4. The van der Waals surface area contributed by atoms with Gasteiger partial charge in [-0.1, -0.05) is 0 Å². The molecule has 0 bridgehead atoms. The Bertz CT molecular complexity index is 404. The number of hydrogen-bond acceptors (Lipinski definition) is 3. The van der Waals surface area contributed by atoms with Crippen LogP contribution in [0, 0.1) is 11.3 Å². The maximum absolute atomic E-state index is 12.7. The molecule has 0 fully saturated rings. The molecule has 0 unspecified atom stereocenters. The summed E-state index contributed by atoms with van der Waals surface area (Å²) >= 11 is 5.47. The molecule has 6 heteroatoms. The molecule has 80 valence electrons. The topological polar surface area (TPSA) is 45.9 Å². The molecule has 0 aliphatic rings. The second-order valence-electron chi connectivity index (χ2n) is 2.61. The van der Waals surface area contributed by atoms with E-state index < -0.39 is 12.0 Å². The van der Waals surface area contributed by atoms with E-state index in [-0.39, 0.29) is 22.9 Å². The number of nitrogens with zero attached hydrogens (tertiary/aromatic N) is 2. The summed E-state index contributed by atoms with van der Waals surface area (Å²) in [6, 6.07) is 1.73. The van der Waals surface area contributed by atoms with Crippen LogP contribution in [-0.4, -0.2) is 12.1 Å². The molecule has 1 rings (SSSR count). The van der Waals surface area contributed by atoms with E-state index in [4.69, 9.17) is 21.6 Å². The third kappa shape index (κ3) is 2.16. The summed E-state index contributed by atoms with van der Waals surface area (Å²) in [4.78, 5) is 3.68. The highest BCUT2D eigenvalue weighted by molar-refractivity contribution is 6.17. The van der Waals surface area contributed by atoms with E-state index in [1.54, 1.807) is 6.07 Å². The molecule has 1 aromatic heterocycles. The first-order valence-electron chi connectivity index (χ1n) is 3.95. The minimum absolute atomic E-state index is 0.0262. The molecule has 0 amide bonds. The summed E-state index contributed by atoms with van der Waals surface area (Å²) in [6.07, 6.45) is -1.60. The van der Waals surface area contributed by atoms with Gasteiger partial charge in [0.1, 0.15) is 17.4 Å². The number of nitriles is 1. The van der Waals surface area contributed by atoms with E-state index in [1.807, 2.05) is 0 Å². The summed E-state index contributed by atoms with van der Waals surface area (Å²) < 4.78 is 30.2. The maximum Gasteiger partial charge on any atom is 0.269 e. The first-order valence-corrected chi connectivity index (χ1v) is 4.49. The second kappa shape index (κ2) is 4.89. The van der Waals surface area contributed by atoms with Crippen LogP contribution < -0.4 is 4.74 Å². The molecule has 0 aliphatic heterocycles. The van der Waals surface area contributed by atoms with Crippen molar-refractivity contribution in [3.8, 4) is 11.8 Å². The highest BCUT2D eigenvalue weighted by atomic mass is 35.5. The average molecular weight is 233 g/mol. The van der Waals surface area contributed by atoms with Crippen LogP contribution in [0.1, 0.15) is 23.2 Å². The molecule has 0 aliphatic carbocycles. The van der Waals surface area contributed by atoms with E-state index in [2.05, 4.69) is 4.98 Å². The van der Waals surface area contributed by atoms with Gasteiger partial charge in [0.2, 0.25) is 0 Å². The molecule has 0 saturated carbocycles. The highest BCUT2D eigenvalue weighted by Gasteiger charge is 2.22. The Morgan fingerprint density at radius 1 is 1.67 bits per heavy atom. The Kier molecular flexibility index (Phi) is 3.81. The lowest BCUT2D eigenvalue weighted by Crippen LogP contribution is -2.02. The molecule has 0 spiro atoms. The fraction of sp³-hybridized carbons (Fsp3) is 0.333. The smallest absolute Gasteiger partial charge is 0.269 e. The third-order valence-corrected chi connectivity index (χ3v) is 2.07. The van der Waals surface area contributed by atoms with Crippen molar-refractivity contribution in [2.24, 2.45) is 0 Å². The van der Waals surface area contributed by atoms with Gasteiger partial charge in [-0.05, 0) is 0 Å². The van der Waals surface area contributed by atoms with Crippen LogP contribution in [-0.2, 0) is 5.88 Å². The Morgan fingerprint density at radius 2 is 2.33 bits per heavy atom. The predicted octanol–water partition coefficient (Wildman–Crippen LogP) is 2.64. The van der Waals surface area contributed by atoms with Gasteiger partial charge in [0.25, 0.3) is 6.43 Å². The summed E-state index contributed by atoms with van der Waals surface area (Å²) in [5.41, 5.74) is -0.407. The molecule has 15 heavy (non-hydrogen) atoms. The Labute approximate surface area is 90.3 Å². The minimum Gasteiger partial charge on any atom is -0.495 e. The quantitative estimate of drug-likeness (QED) is 0.753. The third-order valence-electron chi connectivity index (χ3n) is 1.82. The molecule has 0 radical (unpaired) electrons. The van der Waals surface area contributed by atoms with Gasteiger partial charge in [-0.3, -0.25) is 4.98 Å². The SMILES string of the molecule is COc1c(C#N)cnc(CCl)c1C(F)F. The molecule has 0 atom stereocenters. The van der Waals surface area contributed by atoms with Crippen LogP contribution in [0.5, 0.6) is 5.75 Å². The first-order chi connectivity index (χ1) is 7.15. The van der Waals surface area contributed by atoms with Gasteiger partial charge in [0.15, 0.2) is 0 Å². The average Bonchev–Trinajstić information content (AvgIpc) is 2.26. The van der Waals surface area contributed by atoms with Gasteiger partial charge in [-0.15, -0.1) is 11.6 Å². The van der Waals surface area contributed by atoms with Gasteiger partial charge in [0.05, 0.1) is 24.2 Å². The Balaban J connectivity index is 3.46. The van der Waals surface area contributed by atoms with Crippen molar-refractivity contribution in [3.63, 3.8) is 0 Å². The zero-order valence-electron chi connectivity index (χ0n) is 7.80. The molecule has 1 aromatic rings. The molecular formula is C9H7ClF2N2O. The minimum atomic E-state index is -2.77. The van der Waals surface area contributed by atoms with Gasteiger partial charge in [0, 0.05) is 6.20 Å².